The molecule has 0 bridgehead atoms. The second-order valence-electron chi connectivity index (χ2n) is 18.7. The molecule has 10 aromatic carbocycles. The summed E-state index contributed by atoms with van der Waals surface area (Å²) in [4.78, 5) is 2.43. The van der Waals surface area contributed by atoms with Crippen molar-refractivity contribution in [2.24, 2.45) is 0 Å². The lowest BCUT2D eigenvalue weighted by Crippen LogP contribution is -2.59. The molecule has 0 amide bonds. The highest BCUT2D eigenvalue weighted by Gasteiger charge is 2.43. The predicted octanol–water partition coefficient (Wildman–Crippen LogP) is 10.5. The van der Waals surface area contributed by atoms with Crippen molar-refractivity contribution in [2.45, 2.75) is 0 Å². The van der Waals surface area contributed by atoms with Gasteiger partial charge in [0.2, 0.25) is 0 Å². The van der Waals surface area contributed by atoms with Crippen LogP contribution in [0.15, 0.2) is 206 Å². The molecule has 306 valence electrons. The molecule has 4 aliphatic rings. The quantitative estimate of drug-likeness (QED) is 0.166. The molecule has 0 saturated carbocycles. The molecular formula is C60H34B2N4O. The van der Waals surface area contributed by atoms with Gasteiger partial charge in [-0.25, -0.2) is 0 Å². The van der Waals surface area contributed by atoms with E-state index in [1.165, 1.54) is 115 Å². The van der Waals surface area contributed by atoms with Crippen LogP contribution in [0, 0.1) is 0 Å². The number of anilines is 3. The van der Waals surface area contributed by atoms with Gasteiger partial charge in [-0.1, -0.05) is 133 Å². The number of aromatic nitrogens is 3. The van der Waals surface area contributed by atoms with Crippen LogP contribution in [0.5, 0.6) is 11.5 Å². The minimum atomic E-state index is 0.0369. The van der Waals surface area contributed by atoms with Gasteiger partial charge >= 0.3 is 0 Å². The van der Waals surface area contributed by atoms with Crippen LogP contribution < -0.4 is 42.4 Å². The summed E-state index contributed by atoms with van der Waals surface area (Å²) in [5.74, 6) is 1.87. The van der Waals surface area contributed by atoms with Gasteiger partial charge in [-0.05, 0) is 106 Å². The van der Waals surface area contributed by atoms with Gasteiger partial charge in [0.25, 0.3) is 13.4 Å². The molecular weight excluding hydrogens is 814 g/mol. The summed E-state index contributed by atoms with van der Waals surface area (Å²) < 4.78 is 14.4. The predicted molar refractivity (Wildman–Crippen MR) is 280 cm³/mol. The average molecular weight is 849 g/mol. The largest absolute Gasteiger partial charge is 0.458 e. The summed E-state index contributed by atoms with van der Waals surface area (Å²) in [5.41, 5.74) is 22.3. The summed E-state index contributed by atoms with van der Waals surface area (Å²) >= 11 is 0. The number of benzene rings is 10. The molecule has 7 heterocycles. The second kappa shape index (κ2) is 12.2. The number of nitrogens with zero attached hydrogens (tertiary/aromatic N) is 4. The molecule has 67 heavy (non-hydrogen) atoms. The summed E-state index contributed by atoms with van der Waals surface area (Å²) in [6, 6.07) is 76.7. The highest BCUT2D eigenvalue weighted by Crippen LogP contribution is 2.45. The number of rotatable bonds is 3. The maximum Gasteiger partial charge on any atom is 0.256 e. The van der Waals surface area contributed by atoms with E-state index in [1.807, 2.05) is 0 Å². The van der Waals surface area contributed by atoms with Crippen molar-refractivity contribution in [3.63, 3.8) is 0 Å². The van der Waals surface area contributed by atoms with E-state index in [0.717, 1.165) is 28.6 Å². The molecule has 0 atom stereocenters. The molecule has 0 aliphatic carbocycles. The van der Waals surface area contributed by atoms with E-state index in [0.29, 0.717) is 0 Å². The minimum absolute atomic E-state index is 0.0369. The van der Waals surface area contributed by atoms with Crippen molar-refractivity contribution in [1.29, 1.82) is 0 Å². The Kier molecular flexibility index (Phi) is 6.30. The normalized spacial score (nSPS) is 13.4. The van der Waals surface area contributed by atoms with Gasteiger partial charge in [0.05, 0.1) is 22.2 Å². The number of ether oxygens (including phenoxy) is 1. The Morgan fingerprint density at radius 1 is 0.313 bits per heavy atom. The molecule has 0 unspecified atom stereocenters. The van der Waals surface area contributed by atoms with Gasteiger partial charge in [0, 0.05) is 77.3 Å². The molecule has 0 fully saturated rings. The van der Waals surface area contributed by atoms with Gasteiger partial charge in [-0.2, -0.15) is 0 Å². The van der Waals surface area contributed by atoms with E-state index in [1.54, 1.807) is 0 Å². The lowest BCUT2D eigenvalue weighted by molar-refractivity contribution is 0.487. The Labute approximate surface area is 385 Å². The van der Waals surface area contributed by atoms with Gasteiger partial charge < -0.3 is 23.3 Å². The average Bonchev–Trinajstić information content (AvgIpc) is 4.02. The summed E-state index contributed by atoms with van der Waals surface area (Å²) in [6.07, 6.45) is 0. The van der Waals surface area contributed by atoms with Crippen molar-refractivity contribution >= 4 is 129 Å². The molecule has 17 rings (SSSR count). The van der Waals surface area contributed by atoms with Crippen LogP contribution in [0.25, 0.3) is 82.5 Å². The van der Waals surface area contributed by atoms with Crippen LogP contribution in [0.3, 0.4) is 0 Å². The molecule has 5 nitrogen and oxygen atoms in total. The van der Waals surface area contributed by atoms with E-state index in [2.05, 4.69) is 225 Å². The Hall–Kier alpha value is -8.67. The molecule has 3 aromatic heterocycles. The third kappa shape index (κ3) is 4.16. The summed E-state index contributed by atoms with van der Waals surface area (Å²) in [5, 5.41) is 7.66. The van der Waals surface area contributed by atoms with Gasteiger partial charge in [0.1, 0.15) is 11.5 Å². The van der Waals surface area contributed by atoms with Crippen LogP contribution in [0.4, 0.5) is 17.1 Å². The first-order valence-electron chi connectivity index (χ1n) is 23.3. The van der Waals surface area contributed by atoms with E-state index in [-0.39, 0.29) is 13.4 Å². The fourth-order valence-corrected chi connectivity index (χ4v) is 13.2. The fraction of sp³-hybridized carbons (Fsp3) is 0. The summed E-state index contributed by atoms with van der Waals surface area (Å²) in [6.45, 7) is 0.117. The Balaban J connectivity index is 1.03. The van der Waals surface area contributed by atoms with Crippen LogP contribution in [-0.4, -0.2) is 27.1 Å². The van der Waals surface area contributed by atoms with Gasteiger partial charge in [-0.15, -0.1) is 0 Å². The van der Waals surface area contributed by atoms with Crippen molar-refractivity contribution < 1.29 is 4.74 Å². The maximum absolute atomic E-state index is 6.71. The number of fused-ring (bicyclic) bond motifs is 17. The van der Waals surface area contributed by atoms with Crippen LogP contribution in [0.1, 0.15) is 0 Å². The molecule has 0 spiro atoms. The number of hydrogen-bond donors (Lipinski definition) is 0. The fourth-order valence-electron chi connectivity index (χ4n) is 13.2. The van der Waals surface area contributed by atoms with Crippen molar-refractivity contribution in [3.8, 4) is 28.6 Å². The minimum Gasteiger partial charge on any atom is -0.458 e. The van der Waals surface area contributed by atoms with Gasteiger partial charge in [0.15, 0.2) is 0 Å². The third-order valence-corrected chi connectivity index (χ3v) is 15.6. The molecule has 0 N–H and O–H groups in total. The molecule has 13 aromatic rings. The van der Waals surface area contributed by atoms with E-state index in [4.69, 9.17) is 4.74 Å². The van der Waals surface area contributed by atoms with Crippen LogP contribution in [0.2, 0.25) is 0 Å². The lowest BCUT2D eigenvalue weighted by atomic mass is 9.34. The van der Waals surface area contributed by atoms with Crippen LogP contribution in [-0.2, 0) is 0 Å². The molecule has 0 saturated heterocycles. The Bertz CT molecular complexity index is 4350. The van der Waals surface area contributed by atoms with E-state index < -0.39 is 0 Å². The van der Waals surface area contributed by atoms with Crippen molar-refractivity contribution in [1.82, 2.24) is 13.7 Å². The van der Waals surface area contributed by atoms with Crippen LogP contribution >= 0.6 is 0 Å². The standard InChI is InChI=1S/C60H34B2N4O/c1-3-15-35(16-4-1)63(36-17-5-2-6-18-36)37-31-52-56-53(32-37)66-51-34-50-42(40-21-12-24-45-59(40)65(50)49-28-14-30-55-57(49)61(45)44-23-8-10-29-54(44)67-55)33-43(51)41-22-13-26-47(60(41)66)62(56)46-25-11-20-39-38-19-7-9-27-48(38)64(52)58(39)46/h1-34H. The highest BCUT2D eigenvalue weighted by atomic mass is 16.5. The zero-order valence-corrected chi connectivity index (χ0v) is 36.0. The van der Waals surface area contributed by atoms with Crippen molar-refractivity contribution in [2.75, 3.05) is 4.90 Å². The second-order valence-corrected chi connectivity index (χ2v) is 18.7. The zero-order chi connectivity index (χ0) is 43.2. The number of para-hydroxylation sites is 7. The lowest BCUT2D eigenvalue weighted by Gasteiger charge is -2.35. The SMILES string of the molecule is c1ccc(N(c2ccccc2)c2cc3c4c(c2)-n2c5cc6c(cc5c5cccc(c52)B4c2cccc4c5ccccc5n-3c24)c2cccc3c2n6-c2cccc4c2B3c2ccccc2O4)cc1. The smallest absolute Gasteiger partial charge is 0.256 e. The third-order valence-electron chi connectivity index (χ3n) is 15.6. The van der Waals surface area contributed by atoms with Crippen molar-refractivity contribution in [3.05, 3.63) is 206 Å². The maximum atomic E-state index is 6.71. The topological polar surface area (TPSA) is 27.3 Å². The Morgan fingerprint density at radius 3 is 1.45 bits per heavy atom. The van der Waals surface area contributed by atoms with E-state index in [9.17, 15) is 0 Å². The summed E-state index contributed by atoms with van der Waals surface area (Å²) in [7, 11) is 0. The Morgan fingerprint density at radius 2 is 0.791 bits per heavy atom. The van der Waals surface area contributed by atoms with E-state index >= 15 is 0 Å². The first-order valence-corrected chi connectivity index (χ1v) is 23.3. The first-order chi connectivity index (χ1) is 33.3. The molecule has 7 heteroatoms. The zero-order valence-electron chi connectivity index (χ0n) is 36.0. The number of hydrogen-bond acceptors (Lipinski definition) is 2. The molecule has 0 radical (unpaired) electrons. The highest BCUT2D eigenvalue weighted by molar-refractivity contribution is 7.00. The monoisotopic (exact) mass is 848 g/mol. The van der Waals surface area contributed by atoms with Gasteiger partial charge in [-0.3, -0.25) is 0 Å². The first kappa shape index (κ1) is 34.7. The molecule has 4 aliphatic heterocycles.